The zero-order valence-electron chi connectivity index (χ0n) is 12.2. The van der Waals surface area contributed by atoms with E-state index >= 15 is 0 Å². The van der Waals surface area contributed by atoms with E-state index in [-0.39, 0.29) is 23.4 Å². The molecule has 0 spiro atoms. The van der Waals surface area contributed by atoms with Crippen LogP contribution in [-0.4, -0.2) is 40.3 Å². The maximum absolute atomic E-state index is 14.0. The number of nitrogens with zero attached hydrogens (tertiary/aromatic N) is 3. The normalized spacial score (nSPS) is 22.6. The van der Waals surface area contributed by atoms with Gasteiger partial charge in [-0.25, -0.2) is 17.2 Å². The summed E-state index contributed by atoms with van der Waals surface area (Å²) in [7, 11) is -2.41. The lowest BCUT2D eigenvalue weighted by atomic mass is 10.0. The average molecular weight is 343 g/mol. The van der Waals surface area contributed by atoms with Crippen LogP contribution in [0.15, 0.2) is 35.5 Å². The van der Waals surface area contributed by atoms with Crippen molar-refractivity contribution in [1.29, 1.82) is 0 Å². The van der Waals surface area contributed by atoms with Crippen molar-refractivity contribution < 1.29 is 22.3 Å². The number of aryl methyl sites for hydroxylation is 1. The standard InChI is InChI=1S/C14H15F2N3O3S/c1-18-8-11(6-17-18)23(21,22)19-7-10(20)5-14(19)12-4-9(15)2-3-13(12)16/h2-4,6,8,10,14,20H,5,7H2,1H3/t10-,14-/m1/s1. The van der Waals surface area contributed by atoms with E-state index in [0.29, 0.717) is 0 Å². The quantitative estimate of drug-likeness (QED) is 0.909. The molecule has 0 amide bonds. The molecule has 1 saturated heterocycles. The van der Waals surface area contributed by atoms with Crippen molar-refractivity contribution in [2.45, 2.75) is 23.5 Å². The molecule has 0 unspecified atom stereocenters. The number of sulfonamides is 1. The van der Waals surface area contributed by atoms with Crippen LogP contribution in [0.4, 0.5) is 8.78 Å². The molecule has 9 heteroatoms. The summed E-state index contributed by atoms with van der Waals surface area (Å²) in [5.41, 5.74) is -0.0889. The molecule has 0 radical (unpaired) electrons. The van der Waals surface area contributed by atoms with E-state index < -0.39 is 33.8 Å². The smallest absolute Gasteiger partial charge is 0.246 e. The molecule has 0 saturated carbocycles. The molecule has 1 aliphatic rings. The lowest BCUT2D eigenvalue weighted by Gasteiger charge is -2.23. The Bertz CT molecular complexity index is 838. The molecule has 0 aliphatic carbocycles. The molecule has 0 bridgehead atoms. The number of rotatable bonds is 3. The topological polar surface area (TPSA) is 75.4 Å². The number of aliphatic hydroxyl groups excluding tert-OH is 1. The van der Waals surface area contributed by atoms with E-state index in [9.17, 15) is 22.3 Å². The van der Waals surface area contributed by atoms with Crippen LogP contribution in [-0.2, 0) is 17.1 Å². The first-order chi connectivity index (χ1) is 10.8. The van der Waals surface area contributed by atoms with Gasteiger partial charge in [-0.1, -0.05) is 0 Å². The zero-order valence-corrected chi connectivity index (χ0v) is 13.0. The highest BCUT2D eigenvalue weighted by atomic mass is 32.2. The Balaban J connectivity index is 2.05. The van der Waals surface area contributed by atoms with Crippen LogP contribution in [0.5, 0.6) is 0 Å². The number of hydrogen-bond donors (Lipinski definition) is 1. The Morgan fingerprint density at radius 1 is 1.35 bits per heavy atom. The molecule has 1 aromatic heterocycles. The molecular weight excluding hydrogens is 328 g/mol. The van der Waals surface area contributed by atoms with Gasteiger partial charge in [-0.15, -0.1) is 0 Å². The van der Waals surface area contributed by atoms with Gasteiger partial charge in [0.25, 0.3) is 0 Å². The van der Waals surface area contributed by atoms with Crippen molar-refractivity contribution >= 4 is 10.0 Å². The molecule has 2 aromatic rings. The monoisotopic (exact) mass is 343 g/mol. The van der Waals surface area contributed by atoms with Crippen molar-refractivity contribution in [1.82, 2.24) is 14.1 Å². The van der Waals surface area contributed by atoms with Gasteiger partial charge in [-0.3, -0.25) is 4.68 Å². The highest BCUT2D eigenvalue weighted by molar-refractivity contribution is 7.89. The SMILES string of the molecule is Cn1cc(S(=O)(=O)N2C[C@H](O)C[C@@H]2c2cc(F)ccc2F)cn1. The first kappa shape index (κ1) is 16.0. The summed E-state index contributed by atoms with van der Waals surface area (Å²) in [5.74, 6) is -1.38. The van der Waals surface area contributed by atoms with Gasteiger partial charge >= 0.3 is 0 Å². The number of halogens is 2. The molecule has 1 N–H and O–H groups in total. The van der Waals surface area contributed by atoms with E-state index in [4.69, 9.17) is 0 Å². The van der Waals surface area contributed by atoms with Crippen LogP contribution in [0, 0.1) is 11.6 Å². The second-order valence-corrected chi connectivity index (χ2v) is 7.39. The minimum atomic E-state index is -3.98. The van der Waals surface area contributed by atoms with Crippen LogP contribution in [0.2, 0.25) is 0 Å². The van der Waals surface area contributed by atoms with Gasteiger partial charge in [-0.05, 0) is 24.6 Å². The molecule has 1 fully saturated rings. The van der Waals surface area contributed by atoms with Crippen LogP contribution >= 0.6 is 0 Å². The molecule has 1 aromatic carbocycles. The fraction of sp³-hybridized carbons (Fsp3) is 0.357. The second-order valence-electron chi connectivity index (χ2n) is 5.50. The van der Waals surface area contributed by atoms with Gasteiger partial charge < -0.3 is 5.11 Å². The van der Waals surface area contributed by atoms with Crippen molar-refractivity contribution in [3.05, 3.63) is 47.8 Å². The predicted octanol–water partition coefficient (Wildman–Crippen LogP) is 1.19. The first-order valence-corrected chi connectivity index (χ1v) is 8.36. The lowest BCUT2D eigenvalue weighted by molar-refractivity contribution is 0.188. The molecular formula is C14H15F2N3O3S. The minimum Gasteiger partial charge on any atom is -0.392 e. The summed E-state index contributed by atoms with van der Waals surface area (Å²) >= 11 is 0. The molecule has 3 rings (SSSR count). The van der Waals surface area contributed by atoms with Gasteiger partial charge in [0.15, 0.2) is 0 Å². The summed E-state index contributed by atoms with van der Waals surface area (Å²) in [5, 5.41) is 13.7. The molecule has 1 aliphatic heterocycles. The number of benzene rings is 1. The van der Waals surface area contributed by atoms with E-state index in [2.05, 4.69) is 5.10 Å². The van der Waals surface area contributed by atoms with E-state index in [1.54, 1.807) is 7.05 Å². The summed E-state index contributed by atoms with van der Waals surface area (Å²) in [4.78, 5) is -0.0593. The highest BCUT2D eigenvalue weighted by Crippen LogP contribution is 2.37. The summed E-state index contributed by atoms with van der Waals surface area (Å²) in [6.07, 6.45) is 1.55. The molecule has 2 atom stereocenters. The Hall–Kier alpha value is -1.84. The van der Waals surface area contributed by atoms with E-state index in [1.807, 2.05) is 0 Å². The average Bonchev–Trinajstić information content (AvgIpc) is 3.08. The second kappa shape index (κ2) is 5.66. The van der Waals surface area contributed by atoms with Crippen molar-refractivity contribution in [3.8, 4) is 0 Å². The van der Waals surface area contributed by atoms with Gasteiger partial charge in [0.2, 0.25) is 10.0 Å². The third-order valence-corrected chi connectivity index (χ3v) is 5.67. The zero-order chi connectivity index (χ0) is 16.8. The maximum atomic E-state index is 14.0. The Morgan fingerprint density at radius 2 is 2.09 bits per heavy atom. The van der Waals surface area contributed by atoms with Crippen LogP contribution in [0.1, 0.15) is 18.0 Å². The number of β-amino-alcohol motifs (C(OH)–C–C–N with tert-alkyl or cyclic N) is 1. The van der Waals surface area contributed by atoms with Gasteiger partial charge in [0.05, 0.1) is 18.3 Å². The Labute approximate surface area is 132 Å². The van der Waals surface area contributed by atoms with Gasteiger partial charge in [0.1, 0.15) is 16.5 Å². The third-order valence-electron chi connectivity index (χ3n) is 3.84. The fourth-order valence-corrected chi connectivity index (χ4v) is 4.41. The van der Waals surface area contributed by atoms with Crippen molar-refractivity contribution in [2.75, 3.05) is 6.54 Å². The van der Waals surface area contributed by atoms with Crippen LogP contribution < -0.4 is 0 Å². The van der Waals surface area contributed by atoms with Gasteiger partial charge in [0, 0.05) is 25.4 Å². The largest absolute Gasteiger partial charge is 0.392 e. The molecule has 124 valence electrons. The first-order valence-electron chi connectivity index (χ1n) is 6.92. The Kier molecular flexibility index (Phi) is 3.95. The minimum absolute atomic E-state index is 0.000133. The molecule has 23 heavy (non-hydrogen) atoms. The summed E-state index contributed by atoms with van der Waals surface area (Å²) in [6, 6.07) is 1.91. The van der Waals surface area contributed by atoms with E-state index in [1.165, 1.54) is 17.1 Å². The number of hydrogen-bond acceptors (Lipinski definition) is 4. The van der Waals surface area contributed by atoms with Crippen molar-refractivity contribution in [2.24, 2.45) is 7.05 Å². The molecule has 2 heterocycles. The summed E-state index contributed by atoms with van der Waals surface area (Å²) in [6.45, 7) is -0.183. The van der Waals surface area contributed by atoms with Crippen LogP contribution in [0.3, 0.4) is 0 Å². The third kappa shape index (κ3) is 2.87. The van der Waals surface area contributed by atoms with Gasteiger partial charge in [-0.2, -0.15) is 9.40 Å². The van der Waals surface area contributed by atoms with Crippen LogP contribution in [0.25, 0.3) is 0 Å². The lowest BCUT2D eigenvalue weighted by Crippen LogP contribution is -2.32. The Morgan fingerprint density at radius 3 is 2.74 bits per heavy atom. The molecule has 6 nitrogen and oxygen atoms in total. The number of aliphatic hydroxyl groups is 1. The highest BCUT2D eigenvalue weighted by Gasteiger charge is 2.42. The predicted molar refractivity (Wildman–Crippen MR) is 76.8 cm³/mol. The number of aromatic nitrogens is 2. The summed E-state index contributed by atoms with van der Waals surface area (Å²) < 4.78 is 55.2. The fourth-order valence-electron chi connectivity index (χ4n) is 2.77. The maximum Gasteiger partial charge on any atom is 0.246 e. The van der Waals surface area contributed by atoms with E-state index in [0.717, 1.165) is 22.5 Å². The van der Waals surface area contributed by atoms with Crippen molar-refractivity contribution in [3.63, 3.8) is 0 Å².